The van der Waals surface area contributed by atoms with E-state index in [1.165, 1.54) is 25.7 Å². The fourth-order valence-electron chi connectivity index (χ4n) is 2.19. The molecule has 0 saturated heterocycles. The molecule has 0 bridgehead atoms. The topological polar surface area (TPSA) is 29.3 Å². The number of nitrogens with two attached hydrogens (primary N) is 1. The summed E-state index contributed by atoms with van der Waals surface area (Å²) in [6.45, 7) is 7.69. The highest BCUT2D eigenvalue weighted by atomic mass is 15.2. The molecule has 14 heavy (non-hydrogen) atoms. The van der Waals surface area contributed by atoms with Crippen molar-refractivity contribution >= 4 is 0 Å². The van der Waals surface area contributed by atoms with Gasteiger partial charge >= 0.3 is 0 Å². The Balaban J connectivity index is 2.58. The van der Waals surface area contributed by atoms with Crippen molar-refractivity contribution in [3.63, 3.8) is 0 Å². The Labute approximate surface area is 88.8 Å². The standard InChI is InChI=1S/C12H26N2/c1-5-12(2,3)14(4)11(9-13)10-7-6-8-10/h10-11H,5-9,13H2,1-4H3. The zero-order valence-electron chi connectivity index (χ0n) is 10.2. The smallest absolute Gasteiger partial charge is 0.0248 e. The van der Waals surface area contributed by atoms with Crippen molar-refractivity contribution in [2.75, 3.05) is 13.6 Å². The molecule has 1 atom stereocenters. The monoisotopic (exact) mass is 198 g/mol. The molecule has 1 fully saturated rings. The van der Waals surface area contributed by atoms with Gasteiger partial charge in [-0.2, -0.15) is 0 Å². The third-order valence-electron chi connectivity index (χ3n) is 4.25. The molecule has 2 nitrogen and oxygen atoms in total. The minimum atomic E-state index is 0.291. The number of likely N-dealkylation sites (N-methyl/N-ethyl adjacent to an activating group) is 1. The largest absolute Gasteiger partial charge is 0.329 e. The van der Waals surface area contributed by atoms with E-state index in [2.05, 4.69) is 32.7 Å². The molecule has 1 saturated carbocycles. The van der Waals surface area contributed by atoms with Crippen LogP contribution >= 0.6 is 0 Å². The average Bonchev–Trinajstić information content (AvgIpc) is 2.09. The second-order valence-electron chi connectivity index (χ2n) is 5.27. The molecule has 0 amide bonds. The Kier molecular flexibility index (Phi) is 3.96. The van der Waals surface area contributed by atoms with Crippen LogP contribution in [0.4, 0.5) is 0 Å². The molecule has 1 aliphatic carbocycles. The molecule has 1 rings (SSSR count). The van der Waals surface area contributed by atoms with Gasteiger partial charge in [-0.3, -0.25) is 4.90 Å². The zero-order chi connectivity index (χ0) is 10.8. The summed E-state index contributed by atoms with van der Waals surface area (Å²) < 4.78 is 0. The predicted octanol–water partition coefficient (Wildman–Crippen LogP) is 2.23. The summed E-state index contributed by atoms with van der Waals surface area (Å²) in [6, 6.07) is 0.596. The molecule has 0 heterocycles. The van der Waals surface area contributed by atoms with E-state index in [1.807, 2.05) is 0 Å². The Bertz CT molecular complexity index is 173. The van der Waals surface area contributed by atoms with E-state index in [4.69, 9.17) is 5.73 Å². The van der Waals surface area contributed by atoms with E-state index in [-0.39, 0.29) is 0 Å². The summed E-state index contributed by atoms with van der Waals surface area (Å²) >= 11 is 0. The van der Waals surface area contributed by atoms with Crippen LogP contribution in [0, 0.1) is 5.92 Å². The number of hydrogen-bond donors (Lipinski definition) is 1. The van der Waals surface area contributed by atoms with Gasteiger partial charge in [-0.05, 0) is 46.1 Å². The lowest BCUT2D eigenvalue weighted by Crippen LogP contribution is -2.54. The first-order valence-corrected chi connectivity index (χ1v) is 5.96. The van der Waals surface area contributed by atoms with E-state index >= 15 is 0 Å². The van der Waals surface area contributed by atoms with Crippen LogP contribution in [0.2, 0.25) is 0 Å². The Morgan fingerprint density at radius 1 is 1.43 bits per heavy atom. The Morgan fingerprint density at radius 2 is 2.00 bits per heavy atom. The zero-order valence-corrected chi connectivity index (χ0v) is 10.2. The van der Waals surface area contributed by atoms with Crippen molar-refractivity contribution in [3.05, 3.63) is 0 Å². The van der Waals surface area contributed by atoms with E-state index in [9.17, 15) is 0 Å². The summed E-state index contributed by atoms with van der Waals surface area (Å²) in [7, 11) is 2.24. The maximum Gasteiger partial charge on any atom is 0.0248 e. The van der Waals surface area contributed by atoms with Crippen molar-refractivity contribution in [2.45, 2.75) is 58.0 Å². The van der Waals surface area contributed by atoms with Crippen molar-refractivity contribution in [2.24, 2.45) is 11.7 Å². The molecule has 1 unspecified atom stereocenters. The van der Waals surface area contributed by atoms with Crippen LogP contribution < -0.4 is 5.73 Å². The summed E-state index contributed by atoms with van der Waals surface area (Å²) in [5.41, 5.74) is 6.19. The van der Waals surface area contributed by atoms with E-state index in [1.54, 1.807) is 0 Å². The maximum absolute atomic E-state index is 5.89. The van der Waals surface area contributed by atoms with Crippen LogP contribution in [0.25, 0.3) is 0 Å². The van der Waals surface area contributed by atoms with E-state index < -0.39 is 0 Å². The maximum atomic E-state index is 5.89. The highest BCUT2D eigenvalue weighted by Gasteiger charge is 2.34. The number of rotatable bonds is 5. The molecule has 0 spiro atoms. The Morgan fingerprint density at radius 3 is 2.29 bits per heavy atom. The van der Waals surface area contributed by atoms with Crippen LogP contribution in [-0.4, -0.2) is 30.1 Å². The SMILES string of the molecule is CCC(C)(C)N(C)C(CN)C1CCC1. The molecule has 1 aliphatic rings. The van der Waals surface area contributed by atoms with Crippen LogP contribution in [0.3, 0.4) is 0 Å². The third-order valence-corrected chi connectivity index (χ3v) is 4.25. The lowest BCUT2D eigenvalue weighted by molar-refractivity contribution is 0.0412. The fourth-order valence-corrected chi connectivity index (χ4v) is 2.19. The van der Waals surface area contributed by atoms with Crippen LogP contribution in [0.5, 0.6) is 0 Å². The van der Waals surface area contributed by atoms with Gasteiger partial charge in [-0.25, -0.2) is 0 Å². The van der Waals surface area contributed by atoms with Crippen molar-refractivity contribution in [3.8, 4) is 0 Å². The molecular weight excluding hydrogens is 172 g/mol. The van der Waals surface area contributed by atoms with Gasteiger partial charge < -0.3 is 5.73 Å². The molecule has 0 aliphatic heterocycles. The Hall–Kier alpha value is -0.0800. The molecule has 0 radical (unpaired) electrons. The minimum absolute atomic E-state index is 0.291. The summed E-state index contributed by atoms with van der Waals surface area (Å²) in [6.07, 6.45) is 5.35. The van der Waals surface area contributed by atoms with Gasteiger partial charge in [0, 0.05) is 18.1 Å². The summed E-state index contributed by atoms with van der Waals surface area (Å²) in [4.78, 5) is 2.50. The highest BCUT2D eigenvalue weighted by molar-refractivity contribution is 4.90. The molecular formula is C12H26N2. The summed E-state index contributed by atoms with van der Waals surface area (Å²) in [5, 5.41) is 0. The van der Waals surface area contributed by atoms with Crippen molar-refractivity contribution < 1.29 is 0 Å². The van der Waals surface area contributed by atoms with Crippen molar-refractivity contribution in [1.29, 1.82) is 0 Å². The van der Waals surface area contributed by atoms with Gasteiger partial charge in [0.05, 0.1) is 0 Å². The van der Waals surface area contributed by atoms with Gasteiger partial charge in [0.15, 0.2) is 0 Å². The molecule has 2 N–H and O–H groups in total. The van der Waals surface area contributed by atoms with Gasteiger partial charge in [0.2, 0.25) is 0 Å². The van der Waals surface area contributed by atoms with Gasteiger partial charge in [-0.1, -0.05) is 13.3 Å². The first-order chi connectivity index (χ1) is 6.53. The van der Waals surface area contributed by atoms with Gasteiger partial charge in [0.1, 0.15) is 0 Å². The number of nitrogens with zero attached hydrogens (tertiary/aromatic N) is 1. The molecule has 0 aromatic carbocycles. The second-order valence-corrected chi connectivity index (χ2v) is 5.27. The van der Waals surface area contributed by atoms with Crippen LogP contribution in [0.1, 0.15) is 46.5 Å². The van der Waals surface area contributed by atoms with Crippen molar-refractivity contribution in [1.82, 2.24) is 4.90 Å². The lowest BCUT2D eigenvalue weighted by Gasteiger charge is -2.46. The molecule has 0 aromatic heterocycles. The summed E-state index contributed by atoms with van der Waals surface area (Å²) in [5.74, 6) is 0.857. The second kappa shape index (κ2) is 4.63. The van der Waals surface area contributed by atoms with Crippen LogP contribution in [0.15, 0.2) is 0 Å². The lowest BCUT2D eigenvalue weighted by atomic mass is 9.78. The van der Waals surface area contributed by atoms with Crippen LogP contribution in [-0.2, 0) is 0 Å². The first kappa shape index (κ1) is 12.0. The predicted molar refractivity (Wildman–Crippen MR) is 62.3 cm³/mol. The van der Waals surface area contributed by atoms with Gasteiger partial charge in [0.25, 0.3) is 0 Å². The van der Waals surface area contributed by atoms with Gasteiger partial charge in [-0.15, -0.1) is 0 Å². The first-order valence-electron chi connectivity index (χ1n) is 5.96. The quantitative estimate of drug-likeness (QED) is 0.734. The highest BCUT2D eigenvalue weighted by Crippen LogP contribution is 2.34. The minimum Gasteiger partial charge on any atom is -0.329 e. The fraction of sp³-hybridized carbons (Fsp3) is 1.00. The normalized spacial score (nSPS) is 21.0. The third kappa shape index (κ3) is 2.29. The van der Waals surface area contributed by atoms with E-state index in [0.29, 0.717) is 11.6 Å². The molecule has 0 aromatic rings. The van der Waals surface area contributed by atoms with E-state index in [0.717, 1.165) is 12.5 Å². The average molecular weight is 198 g/mol. The molecule has 84 valence electrons. The molecule has 2 heteroatoms. The number of hydrogen-bond acceptors (Lipinski definition) is 2.